The fourth-order valence-electron chi connectivity index (χ4n) is 2.21. The van der Waals surface area contributed by atoms with Crippen LogP contribution in [0.4, 0.5) is 0 Å². The molecule has 0 unspecified atom stereocenters. The quantitative estimate of drug-likeness (QED) is 0.790. The molecule has 0 radical (unpaired) electrons. The normalized spacial score (nSPS) is 10.2. The van der Waals surface area contributed by atoms with Gasteiger partial charge in [-0.2, -0.15) is 0 Å². The van der Waals surface area contributed by atoms with Gasteiger partial charge in [-0.1, -0.05) is 18.2 Å². The van der Waals surface area contributed by atoms with Crippen molar-refractivity contribution in [3.05, 3.63) is 59.4 Å². The first-order chi connectivity index (χ1) is 11.5. The molecule has 2 rings (SSSR count). The number of pyridine rings is 1. The largest absolute Gasteiger partial charge is 0.494 e. The van der Waals surface area contributed by atoms with E-state index in [9.17, 15) is 9.59 Å². The van der Waals surface area contributed by atoms with E-state index in [1.807, 2.05) is 30.3 Å². The van der Waals surface area contributed by atoms with Gasteiger partial charge in [0.2, 0.25) is 0 Å². The van der Waals surface area contributed by atoms with Crippen LogP contribution in [0.25, 0.3) is 0 Å². The van der Waals surface area contributed by atoms with Crippen molar-refractivity contribution < 1.29 is 19.4 Å². The van der Waals surface area contributed by atoms with Gasteiger partial charge >= 0.3 is 5.97 Å². The predicted octanol–water partition coefficient (Wildman–Crippen LogP) is 2.63. The fraction of sp³-hybridized carbons (Fsp3) is 0.278. The summed E-state index contributed by atoms with van der Waals surface area (Å²) in [6, 6.07) is 12.3. The first-order valence-corrected chi connectivity index (χ1v) is 7.63. The van der Waals surface area contributed by atoms with Gasteiger partial charge in [-0.05, 0) is 37.6 Å². The van der Waals surface area contributed by atoms with Gasteiger partial charge in [0.15, 0.2) is 0 Å². The van der Waals surface area contributed by atoms with Crippen molar-refractivity contribution in [2.24, 2.45) is 0 Å². The number of aromatic nitrogens is 1. The molecule has 0 spiro atoms. The Balaban J connectivity index is 1.85. The van der Waals surface area contributed by atoms with Crippen LogP contribution in [0, 0.1) is 6.92 Å². The summed E-state index contributed by atoms with van der Waals surface area (Å²) in [5, 5.41) is 8.99. The van der Waals surface area contributed by atoms with E-state index in [1.165, 1.54) is 12.1 Å². The molecule has 1 aromatic heterocycles. The number of carboxylic acid groups (broad SMARTS) is 1. The van der Waals surface area contributed by atoms with Crippen molar-refractivity contribution in [2.45, 2.75) is 13.3 Å². The first-order valence-electron chi connectivity index (χ1n) is 7.63. The molecule has 0 bridgehead atoms. The molecule has 0 saturated heterocycles. The van der Waals surface area contributed by atoms with Crippen molar-refractivity contribution in [1.29, 1.82) is 0 Å². The van der Waals surface area contributed by atoms with Crippen molar-refractivity contribution in [1.82, 2.24) is 9.88 Å². The van der Waals surface area contributed by atoms with E-state index in [4.69, 9.17) is 9.84 Å². The van der Waals surface area contributed by atoms with Crippen LogP contribution >= 0.6 is 0 Å². The summed E-state index contributed by atoms with van der Waals surface area (Å²) in [6.07, 6.45) is 0.684. The molecular formula is C18H20N2O4. The number of carbonyl (C=O) groups excluding carboxylic acids is 1. The molecule has 2 aromatic rings. The zero-order chi connectivity index (χ0) is 17.5. The summed E-state index contributed by atoms with van der Waals surface area (Å²) in [5.74, 6) is -0.492. The number of aromatic carboxylic acids is 1. The molecule has 0 fully saturated rings. The van der Waals surface area contributed by atoms with E-state index in [2.05, 4.69) is 4.98 Å². The highest BCUT2D eigenvalue weighted by atomic mass is 16.5. The zero-order valence-electron chi connectivity index (χ0n) is 13.7. The average molecular weight is 328 g/mol. The summed E-state index contributed by atoms with van der Waals surface area (Å²) in [7, 11) is 1.69. The lowest BCUT2D eigenvalue weighted by molar-refractivity contribution is 0.0693. The molecule has 126 valence electrons. The van der Waals surface area contributed by atoms with Crippen LogP contribution in [0.5, 0.6) is 5.75 Å². The lowest BCUT2D eigenvalue weighted by Crippen LogP contribution is -2.29. The minimum Gasteiger partial charge on any atom is -0.494 e. The van der Waals surface area contributed by atoms with Gasteiger partial charge in [-0.15, -0.1) is 0 Å². The maximum Gasteiger partial charge on any atom is 0.337 e. The molecule has 0 atom stereocenters. The molecule has 1 heterocycles. The van der Waals surface area contributed by atoms with Gasteiger partial charge in [-0.25, -0.2) is 9.78 Å². The average Bonchev–Trinajstić information content (AvgIpc) is 2.58. The summed E-state index contributed by atoms with van der Waals surface area (Å²) in [4.78, 5) is 28.9. The molecule has 6 heteroatoms. The van der Waals surface area contributed by atoms with Crippen molar-refractivity contribution in [3.63, 3.8) is 0 Å². The zero-order valence-corrected chi connectivity index (χ0v) is 13.7. The Bertz CT molecular complexity index is 716. The molecule has 0 aliphatic heterocycles. The number of hydrogen-bond acceptors (Lipinski definition) is 4. The van der Waals surface area contributed by atoms with Gasteiger partial charge in [-0.3, -0.25) is 4.79 Å². The van der Waals surface area contributed by atoms with Gasteiger partial charge in [0.1, 0.15) is 11.4 Å². The number of carboxylic acids is 1. The molecule has 0 saturated carbocycles. The number of benzene rings is 1. The highest BCUT2D eigenvalue weighted by Crippen LogP contribution is 2.10. The van der Waals surface area contributed by atoms with Crippen molar-refractivity contribution in [2.75, 3.05) is 20.2 Å². The second-order valence-corrected chi connectivity index (χ2v) is 5.38. The molecule has 24 heavy (non-hydrogen) atoms. The monoisotopic (exact) mass is 328 g/mol. The number of ether oxygens (including phenoxy) is 1. The number of rotatable bonds is 7. The Kier molecular flexibility index (Phi) is 5.89. The third kappa shape index (κ3) is 4.55. The molecule has 6 nitrogen and oxygen atoms in total. The Morgan fingerprint density at radius 3 is 2.50 bits per heavy atom. The topological polar surface area (TPSA) is 79.7 Å². The van der Waals surface area contributed by atoms with E-state index in [0.29, 0.717) is 25.3 Å². The maximum atomic E-state index is 12.3. The van der Waals surface area contributed by atoms with Crippen LogP contribution in [0.2, 0.25) is 0 Å². The maximum absolute atomic E-state index is 12.3. The highest BCUT2D eigenvalue weighted by molar-refractivity contribution is 5.94. The van der Waals surface area contributed by atoms with E-state index in [-0.39, 0.29) is 17.2 Å². The number of para-hydroxylation sites is 1. The minimum absolute atomic E-state index is 0.102. The lowest BCUT2D eigenvalue weighted by atomic mass is 10.2. The van der Waals surface area contributed by atoms with Crippen LogP contribution in [0.15, 0.2) is 42.5 Å². The molecule has 0 aliphatic rings. The predicted molar refractivity (Wildman–Crippen MR) is 89.4 cm³/mol. The first kappa shape index (κ1) is 17.5. The fourth-order valence-corrected chi connectivity index (χ4v) is 2.21. The summed E-state index contributed by atoms with van der Waals surface area (Å²) >= 11 is 0. The number of aryl methyl sites for hydroxylation is 1. The van der Waals surface area contributed by atoms with Crippen LogP contribution in [0.1, 0.15) is 33.0 Å². The molecule has 1 aromatic carbocycles. The Morgan fingerprint density at radius 2 is 1.88 bits per heavy atom. The molecule has 1 amide bonds. The number of amides is 1. The van der Waals surface area contributed by atoms with Gasteiger partial charge in [0.05, 0.1) is 17.9 Å². The number of carbonyl (C=O) groups is 2. The van der Waals surface area contributed by atoms with Crippen molar-refractivity contribution in [3.8, 4) is 5.75 Å². The smallest absolute Gasteiger partial charge is 0.337 e. The minimum atomic E-state index is -1.05. The molecular weight excluding hydrogens is 308 g/mol. The van der Waals surface area contributed by atoms with Crippen molar-refractivity contribution >= 4 is 11.9 Å². The summed E-state index contributed by atoms with van der Waals surface area (Å²) in [6.45, 7) is 2.60. The van der Waals surface area contributed by atoms with E-state index < -0.39 is 5.97 Å². The Labute approximate surface area is 140 Å². The molecule has 1 N–H and O–H groups in total. The molecule has 0 aliphatic carbocycles. The summed E-state index contributed by atoms with van der Waals surface area (Å²) in [5.41, 5.74) is 0.670. The lowest BCUT2D eigenvalue weighted by Gasteiger charge is -2.17. The Hall–Kier alpha value is -2.89. The summed E-state index contributed by atoms with van der Waals surface area (Å²) < 4.78 is 5.58. The van der Waals surface area contributed by atoms with E-state index in [0.717, 1.165) is 5.75 Å². The third-order valence-corrected chi connectivity index (χ3v) is 3.53. The van der Waals surface area contributed by atoms with Crippen LogP contribution in [-0.2, 0) is 0 Å². The van der Waals surface area contributed by atoms with Crippen LogP contribution < -0.4 is 4.74 Å². The second kappa shape index (κ2) is 8.10. The van der Waals surface area contributed by atoms with E-state index >= 15 is 0 Å². The van der Waals surface area contributed by atoms with Gasteiger partial charge in [0, 0.05) is 13.6 Å². The van der Waals surface area contributed by atoms with Gasteiger partial charge in [0.25, 0.3) is 5.91 Å². The SMILES string of the molecule is Cc1nc(C(=O)N(C)CCCOc2ccccc2)ccc1C(=O)O. The third-order valence-electron chi connectivity index (χ3n) is 3.53. The number of hydrogen-bond donors (Lipinski definition) is 1. The van der Waals surface area contributed by atoms with Crippen LogP contribution in [0.3, 0.4) is 0 Å². The van der Waals surface area contributed by atoms with Crippen LogP contribution in [-0.4, -0.2) is 47.1 Å². The number of nitrogens with zero attached hydrogens (tertiary/aromatic N) is 2. The van der Waals surface area contributed by atoms with Gasteiger partial charge < -0.3 is 14.7 Å². The highest BCUT2D eigenvalue weighted by Gasteiger charge is 2.16. The second-order valence-electron chi connectivity index (χ2n) is 5.38. The Morgan fingerprint density at radius 1 is 1.17 bits per heavy atom. The van der Waals surface area contributed by atoms with E-state index in [1.54, 1.807) is 18.9 Å². The standard InChI is InChI=1S/C18H20N2O4/c1-13-15(18(22)23)9-10-16(19-13)17(21)20(2)11-6-12-24-14-7-4-3-5-8-14/h3-5,7-10H,6,11-12H2,1-2H3,(H,22,23).